The van der Waals surface area contributed by atoms with Gasteiger partial charge in [0, 0.05) is 67.3 Å². The van der Waals surface area contributed by atoms with Crippen LogP contribution in [0.25, 0.3) is 22.2 Å². The molecule has 0 unspecified atom stereocenters. The predicted octanol–water partition coefficient (Wildman–Crippen LogP) is 3.31. The predicted molar refractivity (Wildman–Crippen MR) is 140 cm³/mol. The van der Waals surface area contributed by atoms with Crippen molar-refractivity contribution in [3.05, 3.63) is 54.4 Å². The van der Waals surface area contributed by atoms with E-state index in [-0.39, 0.29) is 17.4 Å². The third kappa shape index (κ3) is 6.15. The van der Waals surface area contributed by atoms with Crippen LogP contribution in [0.1, 0.15) is 30.6 Å². The number of hydrogen-bond acceptors (Lipinski definition) is 7. The minimum Gasteiger partial charge on any atom is -0.384 e. The Morgan fingerprint density at radius 1 is 1.09 bits per heavy atom. The SMILES string of the molecule is CCN(CC)C(=O)c1ccc(-c2cc(NCCCN3CCS(=O)(=O)CC3)c3cnccc3n2)cc1. The molecule has 3 heterocycles. The maximum Gasteiger partial charge on any atom is 0.253 e. The van der Waals surface area contributed by atoms with Crippen LogP contribution in [0.2, 0.25) is 0 Å². The highest BCUT2D eigenvalue weighted by Gasteiger charge is 2.21. The van der Waals surface area contributed by atoms with E-state index >= 15 is 0 Å². The van der Waals surface area contributed by atoms with Gasteiger partial charge >= 0.3 is 0 Å². The molecule has 1 N–H and O–H groups in total. The van der Waals surface area contributed by atoms with E-state index in [2.05, 4.69) is 15.2 Å². The van der Waals surface area contributed by atoms with E-state index in [1.807, 2.05) is 56.4 Å². The van der Waals surface area contributed by atoms with Crippen molar-refractivity contribution in [2.75, 3.05) is 56.1 Å². The average molecular weight is 496 g/mol. The van der Waals surface area contributed by atoms with Crippen molar-refractivity contribution in [1.29, 1.82) is 0 Å². The molecule has 2 aromatic heterocycles. The number of nitrogens with zero attached hydrogens (tertiary/aromatic N) is 4. The van der Waals surface area contributed by atoms with Crippen LogP contribution < -0.4 is 5.32 Å². The van der Waals surface area contributed by atoms with Crippen molar-refractivity contribution in [3.8, 4) is 11.3 Å². The third-order valence-electron chi connectivity index (χ3n) is 6.49. The first kappa shape index (κ1) is 25.1. The number of carbonyl (C=O) groups excluding carboxylic acids is 1. The molecular formula is C26H33N5O3S. The molecule has 0 aliphatic carbocycles. The van der Waals surface area contributed by atoms with E-state index in [4.69, 9.17) is 4.98 Å². The molecule has 1 fully saturated rings. The van der Waals surface area contributed by atoms with Crippen molar-refractivity contribution in [2.45, 2.75) is 20.3 Å². The second-order valence-corrected chi connectivity index (χ2v) is 11.1. The molecule has 0 bridgehead atoms. The Bertz CT molecular complexity index is 1260. The molecule has 8 nitrogen and oxygen atoms in total. The largest absolute Gasteiger partial charge is 0.384 e. The zero-order valence-corrected chi connectivity index (χ0v) is 21.2. The van der Waals surface area contributed by atoms with Gasteiger partial charge < -0.3 is 15.1 Å². The lowest BCUT2D eigenvalue weighted by molar-refractivity contribution is 0.0773. The first-order valence-corrected chi connectivity index (χ1v) is 14.0. The summed E-state index contributed by atoms with van der Waals surface area (Å²) < 4.78 is 23.2. The summed E-state index contributed by atoms with van der Waals surface area (Å²) >= 11 is 0. The smallest absolute Gasteiger partial charge is 0.253 e. The van der Waals surface area contributed by atoms with Crippen molar-refractivity contribution in [2.24, 2.45) is 0 Å². The van der Waals surface area contributed by atoms with Crippen molar-refractivity contribution in [1.82, 2.24) is 19.8 Å². The van der Waals surface area contributed by atoms with Crippen molar-refractivity contribution >= 4 is 32.3 Å². The van der Waals surface area contributed by atoms with E-state index in [1.165, 1.54) is 0 Å². The highest BCUT2D eigenvalue weighted by atomic mass is 32.2. The number of fused-ring (bicyclic) bond motifs is 1. The molecule has 0 radical (unpaired) electrons. The van der Waals surface area contributed by atoms with Crippen LogP contribution in [0.15, 0.2) is 48.8 Å². The molecule has 1 aliphatic rings. The fourth-order valence-electron chi connectivity index (χ4n) is 4.34. The fourth-order valence-corrected chi connectivity index (χ4v) is 5.62. The quantitative estimate of drug-likeness (QED) is 0.455. The second-order valence-electron chi connectivity index (χ2n) is 8.78. The number of sulfone groups is 1. The standard InChI is InChI=1S/C26H33N5O3S/c1-3-31(4-2)26(32)21-8-6-20(7-9-21)24-18-25(22-19-27-12-10-23(22)29-24)28-11-5-13-30-14-16-35(33,34)17-15-30/h6-10,12,18-19H,3-5,11,13-17H2,1-2H3,(H,28,29). The number of hydrogen-bond donors (Lipinski definition) is 1. The average Bonchev–Trinajstić information content (AvgIpc) is 2.88. The Kier molecular flexibility index (Phi) is 7.97. The van der Waals surface area contributed by atoms with E-state index in [1.54, 1.807) is 11.1 Å². The molecule has 1 saturated heterocycles. The maximum absolute atomic E-state index is 12.6. The van der Waals surface area contributed by atoms with Gasteiger partial charge in [0.15, 0.2) is 9.84 Å². The molecule has 9 heteroatoms. The Morgan fingerprint density at radius 2 is 1.80 bits per heavy atom. The van der Waals surface area contributed by atoms with Gasteiger partial charge in [-0.05, 0) is 51.1 Å². The molecule has 0 saturated carbocycles. The minimum absolute atomic E-state index is 0.0350. The molecule has 4 rings (SSSR count). The van der Waals surface area contributed by atoms with Gasteiger partial charge in [-0.15, -0.1) is 0 Å². The first-order valence-electron chi connectivity index (χ1n) is 12.2. The maximum atomic E-state index is 12.6. The third-order valence-corrected chi connectivity index (χ3v) is 8.10. The van der Waals surface area contributed by atoms with Crippen LogP contribution in [0.5, 0.6) is 0 Å². The number of carbonyl (C=O) groups is 1. The summed E-state index contributed by atoms with van der Waals surface area (Å²) in [6, 6.07) is 11.5. The number of rotatable bonds is 9. The number of benzene rings is 1. The zero-order chi connectivity index (χ0) is 24.8. The van der Waals surface area contributed by atoms with E-state index in [0.717, 1.165) is 47.4 Å². The Balaban J connectivity index is 1.47. The van der Waals surface area contributed by atoms with Crippen LogP contribution in [0, 0.1) is 0 Å². The van der Waals surface area contributed by atoms with E-state index < -0.39 is 9.84 Å². The highest BCUT2D eigenvalue weighted by Crippen LogP contribution is 2.28. The summed E-state index contributed by atoms with van der Waals surface area (Å²) in [5, 5.41) is 4.48. The summed E-state index contributed by atoms with van der Waals surface area (Å²) in [5.41, 5.74) is 4.25. The summed E-state index contributed by atoms with van der Waals surface area (Å²) in [4.78, 5) is 25.7. The van der Waals surface area contributed by atoms with Gasteiger partial charge in [0.05, 0.1) is 22.7 Å². The number of nitrogens with one attached hydrogen (secondary N) is 1. The molecule has 0 atom stereocenters. The van der Waals surface area contributed by atoms with Gasteiger partial charge in [-0.25, -0.2) is 13.4 Å². The topological polar surface area (TPSA) is 95.5 Å². The molecule has 1 aliphatic heterocycles. The number of aromatic nitrogens is 2. The lowest BCUT2D eigenvalue weighted by atomic mass is 10.1. The molecule has 1 aromatic carbocycles. The lowest BCUT2D eigenvalue weighted by Crippen LogP contribution is -2.41. The second kappa shape index (κ2) is 11.1. The van der Waals surface area contributed by atoms with Crippen molar-refractivity contribution < 1.29 is 13.2 Å². The number of amides is 1. The molecule has 3 aromatic rings. The lowest BCUT2D eigenvalue weighted by Gasteiger charge is -2.26. The van der Waals surface area contributed by atoms with Crippen LogP contribution in [-0.2, 0) is 9.84 Å². The van der Waals surface area contributed by atoms with Crippen LogP contribution in [0.3, 0.4) is 0 Å². The monoisotopic (exact) mass is 495 g/mol. The minimum atomic E-state index is -2.85. The van der Waals surface area contributed by atoms with Crippen LogP contribution in [-0.4, -0.2) is 84.9 Å². The van der Waals surface area contributed by atoms with Crippen molar-refractivity contribution in [3.63, 3.8) is 0 Å². The first-order chi connectivity index (χ1) is 16.9. The Hall–Kier alpha value is -3.04. The zero-order valence-electron chi connectivity index (χ0n) is 20.4. The summed E-state index contributed by atoms with van der Waals surface area (Å²) in [5.74, 6) is 0.542. The fraction of sp³-hybridized carbons (Fsp3) is 0.423. The normalized spacial score (nSPS) is 15.7. The van der Waals surface area contributed by atoms with Gasteiger partial charge in [-0.1, -0.05) is 12.1 Å². The summed E-state index contributed by atoms with van der Waals surface area (Å²) in [6.07, 6.45) is 4.45. The van der Waals surface area contributed by atoms with E-state index in [0.29, 0.717) is 31.7 Å². The summed E-state index contributed by atoms with van der Waals surface area (Å²) in [7, 11) is -2.85. The van der Waals surface area contributed by atoms with Gasteiger partial charge in [-0.2, -0.15) is 0 Å². The molecule has 0 spiro atoms. The number of pyridine rings is 2. The molecule has 35 heavy (non-hydrogen) atoms. The van der Waals surface area contributed by atoms with Crippen LogP contribution in [0.4, 0.5) is 5.69 Å². The Morgan fingerprint density at radius 3 is 2.49 bits per heavy atom. The molecule has 1 amide bonds. The molecular weight excluding hydrogens is 462 g/mol. The molecule has 186 valence electrons. The van der Waals surface area contributed by atoms with Gasteiger partial charge in [-0.3, -0.25) is 9.78 Å². The summed E-state index contributed by atoms with van der Waals surface area (Å²) in [6.45, 7) is 8.17. The number of anilines is 1. The highest BCUT2D eigenvalue weighted by molar-refractivity contribution is 7.91. The van der Waals surface area contributed by atoms with Crippen LogP contribution >= 0.6 is 0 Å². The van der Waals surface area contributed by atoms with E-state index in [9.17, 15) is 13.2 Å². The Labute approximate surface area is 207 Å². The van der Waals surface area contributed by atoms with Gasteiger partial charge in [0.1, 0.15) is 0 Å². The van der Waals surface area contributed by atoms with Gasteiger partial charge in [0.25, 0.3) is 5.91 Å². The van der Waals surface area contributed by atoms with Gasteiger partial charge in [0.2, 0.25) is 0 Å².